The summed E-state index contributed by atoms with van der Waals surface area (Å²) in [5, 5.41) is 6.18. The fourth-order valence-corrected chi connectivity index (χ4v) is 8.29. The van der Waals surface area contributed by atoms with Gasteiger partial charge in [-0.25, -0.2) is 15.0 Å². The molecule has 0 saturated carbocycles. The highest BCUT2D eigenvalue weighted by Gasteiger charge is 2.23. The summed E-state index contributed by atoms with van der Waals surface area (Å²) in [4.78, 5) is 15.1. The maximum Gasteiger partial charge on any atom is 0.167 e. The highest BCUT2D eigenvalue weighted by atomic mass is 16.3. The van der Waals surface area contributed by atoms with Crippen molar-refractivity contribution in [3.63, 3.8) is 0 Å². The van der Waals surface area contributed by atoms with E-state index in [0.29, 0.717) is 23.1 Å². The van der Waals surface area contributed by atoms with Crippen molar-refractivity contribution in [1.29, 1.82) is 0 Å². The monoisotopic (exact) mass is 731 g/mol. The third-order valence-corrected chi connectivity index (χ3v) is 10.9. The van der Waals surface area contributed by atoms with E-state index in [1.54, 1.807) is 0 Å². The molecule has 266 valence electrons. The highest BCUT2D eigenvalue weighted by Crippen LogP contribution is 2.46. The van der Waals surface area contributed by atoms with E-state index in [4.69, 9.17) is 28.2 Å². The highest BCUT2D eigenvalue weighted by molar-refractivity contribution is 6.18. The predicted molar refractivity (Wildman–Crippen MR) is 229 cm³/mol. The molecule has 6 nitrogen and oxygen atoms in total. The third-order valence-electron chi connectivity index (χ3n) is 10.9. The van der Waals surface area contributed by atoms with Gasteiger partial charge in [0.15, 0.2) is 17.5 Å². The van der Waals surface area contributed by atoms with Crippen molar-refractivity contribution >= 4 is 65.8 Å². The van der Waals surface area contributed by atoms with Gasteiger partial charge in [0.25, 0.3) is 0 Å². The summed E-state index contributed by atoms with van der Waals surface area (Å²) < 4.78 is 20.3. The lowest BCUT2D eigenvalue weighted by atomic mass is 9.94. The molecular formula is C51H29N3O3. The minimum Gasteiger partial charge on any atom is -0.455 e. The molecule has 0 amide bonds. The molecule has 4 heterocycles. The zero-order chi connectivity index (χ0) is 37.5. The number of hydrogen-bond donors (Lipinski definition) is 0. The van der Waals surface area contributed by atoms with Crippen molar-refractivity contribution in [3.05, 3.63) is 176 Å². The largest absolute Gasteiger partial charge is 0.455 e. The van der Waals surface area contributed by atoms with Crippen molar-refractivity contribution in [2.45, 2.75) is 0 Å². The normalized spacial score (nSPS) is 11.9. The van der Waals surface area contributed by atoms with Crippen LogP contribution in [0, 0.1) is 0 Å². The molecule has 0 fully saturated rings. The lowest BCUT2D eigenvalue weighted by Crippen LogP contribution is -2.00. The van der Waals surface area contributed by atoms with Crippen molar-refractivity contribution in [1.82, 2.24) is 15.0 Å². The lowest BCUT2D eigenvalue weighted by Gasteiger charge is -2.09. The Labute approximate surface area is 325 Å². The smallest absolute Gasteiger partial charge is 0.167 e. The van der Waals surface area contributed by atoms with Crippen molar-refractivity contribution in [2.75, 3.05) is 0 Å². The number of furan rings is 3. The van der Waals surface area contributed by atoms with Crippen LogP contribution in [-0.4, -0.2) is 15.0 Å². The van der Waals surface area contributed by atoms with Crippen LogP contribution in [-0.2, 0) is 0 Å². The second kappa shape index (κ2) is 12.3. The Morgan fingerprint density at radius 2 is 0.702 bits per heavy atom. The minimum absolute atomic E-state index is 0.528. The quantitative estimate of drug-likeness (QED) is 0.175. The van der Waals surface area contributed by atoms with Gasteiger partial charge in [0.1, 0.15) is 33.5 Å². The molecule has 12 aromatic rings. The van der Waals surface area contributed by atoms with Crippen LogP contribution in [0.2, 0.25) is 0 Å². The predicted octanol–water partition coefficient (Wildman–Crippen LogP) is 13.9. The van der Waals surface area contributed by atoms with Crippen LogP contribution < -0.4 is 0 Å². The third kappa shape index (κ3) is 4.94. The number of rotatable bonds is 5. The Hall–Kier alpha value is -7.83. The Balaban J connectivity index is 1.16. The van der Waals surface area contributed by atoms with Crippen LogP contribution in [0.15, 0.2) is 189 Å². The molecule has 0 aliphatic heterocycles. The van der Waals surface area contributed by atoms with Crippen molar-refractivity contribution in [2.24, 2.45) is 0 Å². The molecule has 8 aromatic carbocycles. The summed E-state index contributed by atoms with van der Waals surface area (Å²) >= 11 is 0. The van der Waals surface area contributed by atoms with Gasteiger partial charge in [-0.3, -0.25) is 0 Å². The first kappa shape index (κ1) is 31.5. The molecule has 12 rings (SSSR count). The van der Waals surface area contributed by atoms with Gasteiger partial charge in [-0.05, 0) is 35.9 Å². The van der Waals surface area contributed by atoms with E-state index in [2.05, 4.69) is 72.8 Å². The fourth-order valence-electron chi connectivity index (χ4n) is 8.29. The molecule has 4 aromatic heterocycles. The molecule has 0 radical (unpaired) electrons. The average Bonchev–Trinajstić information content (AvgIpc) is 3.98. The van der Waals surface area contributed by atoms with E-state index in [1.807, 2.05) is 103 Å². The van der Waals surface area contributed by atoms with Gasteiger partial charge in [-0.2, -0.15) is 0 Å². The number of aromatic nitrogens is 3. The Morgan fingerprint density at radius 3 is 1.32 bits per heavy atom. The number of fused-ring (bicyclic) bond motifs is 9. The fraction of sp³-hybridized carbons (Fsp3) is 0. The van der Waals surface area contributed by atoms with Gasteiger partial charge >= 0.3 is 0 Å². The molecule has 0 saturated heterocycles. The van der Waals surface area contributed by atoms with Gasteiger partial charge in [0, 0.05) is 60.1 Å². The number of benzene rings is 8. The summed E-state index contributed by atoms with van der Waals surface area (Å²) in [6, 6.07) is 59.7. The second-order valence-corrected chi connectivity index (χ2v) is 14.3. The van der Waals surface area contributed by atoms with Gasteiger partial charge in [-0.15, -0.1) is 0 Å². The number of para-hydroxylation sites is 5. The zero-order valence-corrected chi connectivity index (χ0v) is 30.3. The van der Waals surface area contributed by atoms with Crippen molar-refractivity contribution in [3.8, 4) is 56.4 Å². The molecule has 0 N–H and O–H groups in total. The molecule has 0 spiro atoms. The van der Waals surface area contributed by atoms with Crippen LogP contribution in [0.3, 0.4) is 0 Å². The molecule has 0 bridgehead atoms. The molecular weight excluding hydrogens is 703 g/mol. The van der Waals surface area contributed by atoms with Crippen LogP contribution in [0.1, 0.15) is 0 Å². The van der Waals surface area contributed by atoms with Crippen LogP contribution in [0.5, 0.6) is 0 Å². The maximum absolute atomic E-state index is 7.10. The van der Waals surface area contributed by atoms with E-state index in [-0.39, 0.29) is 0 Å². The minimum atomic E-state index is 0.528. The van der Waals surface area contributed by atoms with E-state index in [1.165, 1.54) is 0 Å². The van der Waals surface area contributed by atoms with Crippen LogP contribution in [0.25, 0.3) is 122 Å². The summed E-state index contributed by atoms with van der Waals surface area (Å²) in [5.41, 5.74) is 11.2. The molecule has 0 aliphatic carbocycles. The first-order valence-corrected chi connectivity index (χ1v) is 18.9. The Bertz CT molecular complexity index is 3470. The van der Waals surface area contributed by atoms with Crippen molar-refractivity contribution < 1.29 is 13.3 Å². The van der Waals surface area contributed by atoms with Gasteiger partial charge in [0.05, 0.1) is 5.56 Å². The van der Waals surface area contributed by atoms with E-state index in [0.717, 1.165) is 99.2 Å². The summed E-state index contributed by atoms with van der Waals surface area (Å²) in [6.07, 6.45) is 0. The summed E-state index contributed by atoms with van der Waals surface area (Å²) in [5.74, 6) is 1.71. The first-order chi connectivity index (χ1) is 28.2. The van der Waals surface area contributed by atoms with E-state index in [9.17, 15) is 0 Å². The summed E-state index contributed by atoms with van der Waals surface area (Å²) in [7, 11) is 0. The SMILES string of the molecule is c1ccc(-c2nc(-c3ccccc3)nc(-c3cccc4c3oc3c(-c5cccc6c5oc5ccccc56)cc(-c5cccc6c5oc5ccccc56)cc34)n2)cc1. The Kier molecular flexibility index (Phi) is 6.83. The second-order valence-electron chi connectivity index (χ2n) is 14.3. The molecule has 0 aliphatic rings. The van der Waals surface area contributed by atoms with Gasteiger partial charge < -0.3 is 13.3 Å². The van der Waals surface area contributed by atoms with Gasteiger partial charge in [-0.1, -0.05) is 146 Å². The molecule has 6 heteroatoms. The first-order valence-electron chi connectivity index (χ1n) is 18.9. The zero-order valence-electron chi connectivity index (χ0n) is 30.3. The number of hydrogen-bond acceptors (Lipinski definition) is 6. The van der Waals surface area contributed by atoms with E-state index >= 15 is 0 Å². The molecule has 0 atom stereocenters. The maximum atomic E-state index is 7.10. The lowest BCUT2D eigenvalue weighted by molar-refractivity contribution is 0.665. The number of nitrogens with zero attached hydrogens (tertiary/aromatic N) is 3. The van der Waals surface area contributed by atoms with Gasteiger partial charge in [0.2, 0.25) is 0 Å². The van der Waals surface area contributed by atoms with Crippen LogP contribution in [0.4, 0.5) is 0 Å². The van der Waals surface area contributed by atoms with Crippen LogP contribution >= 0.6 is 0 Å². The summed E-state index contributed by atoms with van der Waals surface area (Å²) in [6.45, 7) is 0. The van der Waals surface area contributed by atoms with E-state index < -0.39 is 0 Å². The standard InChI is InChI=1S/C51H29N3O3/c1-3-14-30(15-4-1)49-52-50(31-16-5-2-6-17-31)54-51(53-49)40-25-13-24-39-42-29-32(33-20-11-21-36-34-18-7-9-26-43(34)55-45(33)36)28-41(48(42)57-47(39)40)38-23-12-22-37-35-19-8-10-27-44(35)56-46(37)38/h1-29H. The molecule has 0 unspecified atom stereocenters. The molecule has 57 heavy (non-hydrogen) atoms. The average molecular weight is 732 g/mol. The Morgan fingerprint density at radius 1 is 0.263 bits per heavy atom. The topological polar surface area (TPSA) is 78.1 Å².